The average molecular weight is 219 g/mol. The maximum Gasteiger partial charge on any atom is 0.336 e. The molecule has 0 spiro atoms. The Morgan fingerprint density at radius 2 is 2.00 bits per heavy atom. The van der Waals surface area contributed by atoms with Crippen molar-refractivity contribution in [3.05, 3.63) is 40.5 Å². The summed E-state index contributed by atoms with van der Waals surface area (Å²) in [4.78, 5) is 21.9. The second-order valence-corrected chi connectivity index (χ2v) is 3.54. The van der Waals surface area contributed by atoms with Crippen molar-refractivity contribution in [2.75, 3.05) is 0 Å². The van der Waals surface area contributed by atoms with Gasteiger partial charge in [0.15, 0.2) is 0 Å². The van der Waals surface area contributed by atoms with Crippen LogP contribution in [-0.4, -0.2) is 17.0 Å². The minimum atomic E-state index is -1.01. The van der Waals surface area contributed by atoms with E-state index in [4.69, 9.17) is 10.8 Å². The fourth-order valence-corrected chi connectivity index (χ4v) is 1.41. The number of carbonyl (C=O) groups excluding carboxylic acids is 1. The van der Waals surface area contributed by atoms with E-state index in [0.717, 1.165) is 0 Å². The Kier molecular flexibility index (Phi) is 3.45. The first-order valence-corrected chi connectivity index (χ1v) is 4.74. The molecule has 0 aliphatic carbocycles. The standard InChI is InChI=1S/C12H13NO3/c1-7-4-3-5-9(10(7)12(15)16)6-8(2)11(13)14/h3-6H,1-2H3,(H2,13,14)(H,15,16). The molecule has 0 atom stereocenters. The second kappa shape index (κ2) is 4.61. The van der Waals surface area contributed by atoms with Crippen LogP contribution in [0.4, 0.5) is 0 Å². The topological polar surface area (TPSA) is 80.4 Å². The molecular weight excluding hydrogens is 206 g/mol. The highest BCUT2D eigenvalue weighted by Gasteiger charge is 2.11. The number of hydrogen-bond acceptors (Lipinski definition) is 2. The summed E-state index contributed by atoms with van der Waals surface area (Å²) in [6.07, 6.45) is 1.48. The Morgan fingerprint density at radius 3 is 2.50 bits per heavy atom. The van der Waals surface area contributed by atoms with Gasteiger partial charge in [0.2, 0.25) is 5.91 Å². The SMILES string of the molecule is CC(=Cc1cccc(C)c1C(=O)O)C(N)=O. The molecule has 0 aliphatic rings. The number of primary amides is 1. The van der Waals surface area contributed by atoms with Crippen molar-refractivity contribution in [1.82, 2.24) is 0 Å². The third-order valence-corrected chi connectivity index (χ3v) is 2.28. The smallest absolute Gasteiger partial charge is 0.336 e. The van der Waals surface area contributed by atoms with Crippen molar-refractivity contribution in [3.8, 4) is 0 Å². The molecule has 4 nitrogen and oxygen atoms in total. The van der Waals surface area contributed by atoms with Crippen molar-refractivity contribution >= 4 is 18.0 Å². The quantitative estimate of drug-likeness (QED) is 0.757. The van der Waals surface area contributed by atoms with Crippen LogP contribution in [0, 0.1) is 6.92 Å². The van der Waals surface area contributed by atoms with E-state index in [-0.39, 0.29) is 5.56 Å². The van der Waals surface area contributed by atoms with Gasteiger partial charge in [-0.25, -0.2) is 4.79 Å². The molecule has 3 N–H and O–H groups in total. The van der Waals surface area contributed by atoms with Gasteiger partial charge in [0, 0.05) is 5.57 Å². The lowest BCUT2D eigenvalue weighted by atomic mass is 10.00. The van der Waals surface area contributed by atoms with Crippen LogP contribution >= 0.6 is 0 Å². The normalized spacial score (nSPS) is 11.2. The number of amides is 1. The van der Waals surface area contributed by atoms with Crippen LogP contribution in [0.25, 0.3) is 6.08 Å². The maximum atomic E-state index is 11.0. The molecular formula is C12H13NO3. The highest BCUT2D eigenvalue weighted by atomic mass is 16.4. The molecule has 0 heterocycles. The molecule has 0 unspecified atom stereocenters. The minimum absolute atomic E-state index is 0.197. The molecule has 1 aromatic carbocycles. The number of nitrogens with two attached hydrogens (primary N) is 1. The first-order valence-electron chi connectivity index (χ1n) is 4.74. The number of aryl methyl sites for hydroxylation is 1. The van der Waals surface area contributed by atoms with Gasteiger partial charge in [0.05, 0.1) is 5.56 Å². The van der Waals surface area contributed by atoms with E-state index in [1.165, 1.54) is 6.08 Å². The molecule has 1 amide bonds. The van der Waals surface area contributed by atoms with Crippen molar-refractivity contribution < 1.29 is 14.7 Å². The molecule has 4 heteroatoms. The lowest BCUT2D eigenvalue weighted by Gasteiger charge is -2.05. The van der Waals surface area contributed by atoms with Crippen LogP contribution in [0.3, 0.4) is 0 Å². The first-order chi connectivity index (χ1) is 7.43. The predicted octanol–water partition coefficient (Wildman–Crippen LogP) is 1.58. The number of carbonyl (C=O) groups is 2. The van der Waals surface area contributed by atoms with Crippen molar-refractivity contribution in [3.63, 3.8) is 0 Å². The number of carboxylic acids is 1. The number of benzene rings is 1. The molecule has 0 saturated heterocycles. The van der Waals surface area contributed by atoms with E-state index in [2.05, 4.69) is 0 Å². The van der Waals surface area contributed by atoms with Gasteiger partial charge in [0.1, 0.15) is 0 Å². The Balaban J connectivity index is 3.35. The number of aromatic carboxylic acids is 1. The second-order valence-electron chi connectivity index (χ2n) is 3.54. The van der Waals surface area contributed by atoms with Gasteiger partial charge in [0.25, 0.3) is 0 Å². The third kappa shape index (κ3) is 2.48. The van der Waals surface area contributed by atoms with E-state index in [1.807, 2.05) is 0 Å². The molecule has 0 bridgehead atoms. The van der Waals surface area contributed by atoms with E-state index in [9.17, 15) is 9.59 Å². The van der Waals surface area contributed by atoms with Crippen molar-refractivity contribution in [2.45, 2.75) is 13.8 Å². The Hall–Kier alpha value is -2.10. The zero-order chi connectivity index (χ0) is 12.3. The van der Waals surface area contributed by atoms with E-state index in [1.54, 1.807) is 32.0 Å². The summed E-state index contributed by atoms with van der Waals surface area (Å²) >= 11 is 0. The van der Waals surface area contributed by atoms with Gasteiger partial charge in [-0.05, 0) is 31.1 Å². The van der Waals surface area contributed by atoms with Gasteiger partial charge in [-0.15, -0.1) is 0 Å². The van der Waals surface area contributed by atoms with Gasteiger partial charge >= 0.3 is 5.97 Å². The first kappa shape index (κ1) is 12.0. The monoisotopic (exact) mass is 219 g/mol. The summed E-state index contributed by atoms with van der Waals surface area (Å²) < 4.78 is 0. The van der Waals surface area contributed by atoms with Crippen LogP contribution in [-0.2, 0) is 4.79 Å². The van der Waals surface area contributed by atoms with Crippen LogP contribution in [0.15, 0.2) is 23.8 Å². The number of rotatable bonds is 3. The van der Waals surface area contributed by atoms with E-state index >= 15 is 0 Å². The molecule has 1 rings (SSSR count). The molecule has 0 radical (unpaired) electrons. The average Bonchev–Trinajstić information content (AvgIpc) is 2.16. The fourth-order valence-electron chi connectivity index (χ4n) is 1.41. The van der Waals surface area contributed by atoms with Crippen LogP contribution in [0.5, 0.6) is 0 Å². The summed E-state index contributed by atoms with van der Waals surface area (Å²) in [6, 6.07) is 5.09. The van der Waals surface area contributed by atoms with Gasteiger partial charge in [-0.3, -0.25) is 4.79 Å². The molecule has 1 aromatic rings. The van der Waals surface area contributed by atoms with Gasteiger partial charge in [-0.2, -0.15) is 0 Å². The minimum Gasteiger partial charge on any atom is -0.478 e. The third-order valence-electron chi connectivity index (χ3n) is 2.28. The summed E-state index contributed by atoms with van der Waals surface area (Å²) in [6.45, 7) is 3.26. The lowest BCUT2D eigenvalue weighted by molar-refractivity contribution is -0.114. The Labute approximate surface area is 93.4 Å². The van der Waals surface area contributed by atoms with Crippen LogP contribution < -0.4 is 5.73 Å². The molecule has 16 heavy (non-hydrogen) atoms. The van der Waals surface area contributed by atoms with Gasteiger partial charge < -0.3 is 10.8 Å². The fraction of sp³-hybridized carbons (Fsp3) is 0.167. The summed E-state index contributed by atoms with van der Waals surface area (Å²) in [5.41, 5.74) is 6.76. The summed E-state index contributed by atoms with van der Waals surface area (Å²) in [5, 5.41) is 9.05. The molecule has 0 saturated carbocycles. The van der Waals surface area contributed by atoms with Crippen LogP contribution in [0.1, 0.15) is 28.4 Å². The van der Waals surface area contributed by atoms with Crippen molar-refractivity contribution in [1.29, 1.82) is 0 Å². The van der Waals surface area contributed by atoms with E-state index in [0.29, 0.717) is 16.7 Å². The largest absolute Gasteiger partial charge is 0.478 e. The van der Waals surface area contributed by atoms with E-state index < -0.39 is 11.9 Å². The lowest BCUT2D eigenvalue weighted by Crippen LogP contribution is -2.12. The summed E-state index contributed by atoms with van der Waals surface area (Å²) in [7, 11) is 0. The molecule has 84 valence electrons. The molecule has 0 aromatic heterocycles. The molecule has 0 aliphatic heterocycles. The van der Waals surface area contributed by atoms with Gasteiger partial charge in [-0.1, -0.05) is 18.2 Å². The zero-order valence-electron chi connectivity index (χ0n) is 9.15. The number of carboxylic acid groups (broad SMARTS) is 1. The number of hydrogen-bond donors (Lipinski definition) is 2. The molecule has 0 fully saturated rings. The Bertz CT molecular complexity index is 475. The highest BCUT2D eigenvalue weighted by molar-refractivity contribution is 5.99. The maximum absolute atomic E-state index is 11.0. The highest BCUT2D eigenvalue weighted by Crippen LogP contribution is 2.17. The summed E-state index contributed by atoms with van der Waals surface area (Å²) in [5.74, 6) is -1.57. The van der Waals surface area contributed by atoms with Crippen LogP contribution in [0.2, 0.25) is 0 Å². The zero-order valence-corrected chi connectivity index (χ0v) is 9.15. The Morgan fingerprint density at radius 1 is 1.38 bits per heavy atom. The predicted molar refractivity (Wildman–Crippen MR) is 61.0 cm³/mol. The van der Waals surface area contributed by atoms with Crippen molar-refractivity contribution in [2.24, 2.45) is 5.73 Å².